The van der Waals surface area contributed by atoms with Crippen molar-refractivity contribution >= 4 is 41.4 Å². The molecule has 3 aliphatic rings. The molecule has 2 fully saturated rings. The first kappa shape index (κ1) is 26.7. The lowest BCUT2D eigenvalue weighted by atomic mass is 9.88. The molecule has 3 aliphatic heterocycles. The summed E-state index contributed by atoms with van der Waals surface area (Å²) in [5, 5.41) is 10.6. The fourth-order valence-corrected chi connectivity index (χ4v) is 7.01. The minimum absolute atomic E-state index is 0.127. The number of carbonyl (C=O) groups excluding carboxylic acids is 2. The monoisotopic (exact) mass is 569 g/mol. The maximum atomic E-state index is 14.6. The van der Waals surface area contributed by atoms with Crippen molar-refractivity contribution in [3.8, 4) is 0 Å². The number of anilines is 2. The largest absolute Gasteiger partial charge is 0.480 e. The molecule has 0 aromatic heterocycles. The van der Waals surface area contributed by atoms with Gasteiger partial charge in [-0.3, -0.25) is 9.69 Å². The molecule has 43 heavy (non-hydrogen) atoms. The summed E-state index contributed by atoms with van der Waals surface area (Å²) in [6.45, 7) is 0.141. The fraction of sp³-hybridized carbons (Fsp3) is 0.194. The number of piperazine rings is 1. The molecule has 7 rings (SSSR count). The Hall–Kier alpha value is -5.17. The zero-order valence-corrected chi connectivity index (χ0v) is 23.5. The lowest BCUT2D eigenvalue weighted by molar-refractivity contribution is -0.151. The van der Waals surface area contributed by atoms with Crippen LogP contribution in [0, 0.1) is 0 Å². The molecule has 0 unspecified atom stereocenters. The third-order valence-electron chi connectivity index (χ3n) is 8.91. The smallest absolute Gasteiger partial charge is 0.330 e. The summed E-state index contributed by atoms with van der Waals surface area (Å²) in [4.78, 5) is 47.0. The van der Waals surface area contributed by atoms with E-state index in [-0.39, 0.29) is 18.5 Å². The first-order chi connectivity index (χ1) is 21.0. The highest BCUT2D eigenvalue weighted by Crippen LogP contribution is 2.42. The van der Waals surface area contributed by atoms with Crippen LogP contribution in [0.5, 0.6) is 0 Å². The Morgan fingerprint density at radius 3 is 1.72 bits per heavy atom. The molecule has 214 valence electrons. The van der Waals surface area contributed by atoms with Crippen molar-refractivity contribution in [3.63, 3.8) is 0 Å². The van der Waals surface area contributed by atoms with Gasteiger partial charge >= 0.3 is 12.0 Å². The molecule has 0 spiro atoms. The number of amides is 3. The Morgan fingerprint density at radius 1 is 0.674 bits per heavy atom. The number of hydrogen-bond acceptors (Lipinski definition) is 3. The van der Waals surface area contributed by atoms with Gasteiger partial charge in [0.15, 0.2) is 6.04 Å². The minimum atomic E-state index is -1.18. The van der Waals surface area contributed by atoms with Gasteiger partial charge in [0.1, 0.15) is 0 Å². The molecule has 2 bridgehead atoms. The maximum Gasteiger partial charge on any atom is 0.330 e. The molecule has 2 saturated heterocycles. The van der Waals surface area contributed by atoms with E-state index in [0.717, 1.165) is 22.3 Å². The lowest BCUT2D eigenvalue weighted by Crippen LogP contribution is -2.66. The van der Waals surface area contributed by atoms with E-state index in [9.17, 15) is 19.5 Å². The highest BCUT2D eigenvalue weighted by atomic mass is 16.4. The number of rotatable bonds is 4. The highest BCUT2D eigenvalue weighted by Gasteiger charge is 2.54. The van der Waals surface area contributed by atoms with E-state index in [2.05, 4.69) is 0 Å². The molecule has 3 heterocycles. The van der Waals surface area contributed by atoms with Crippen molar-refractivity contribution in [3.05, 3.63) is 131 Å². The van der Waals surface area contributed by atoms with Crippen molar-refractivity contribution in [1.82, 2.24) is 9.80 Å². The third-order valence-corrected chi connectivity index (χ3v) is 8.91. The number of para-hydroxylation sites is 2. The van der Waals surface area contributed by atoms with Crippen LogP contribution < -0.4 is 4.90 Å². The summed E-state index contributed by atoms with van der Waals surface area (Å²) in [6, 6.07) is 32.0. The van der Waals surface area contributed by atoms with E-state index in [0.29, 0.717) is 24.2 Å². The van der Waals surface area contributed by atoms with Crippen molar-refractivity contribution < 1.29 is 19.5 Å². The predicted octanol–water partition coefficient (Wildman–Crippen LogP) is 6.39. The number of carbonyl (C=O) groups is 3. The van der Waals surface area contributed by atoms with Crippen LogP contribution in [0.1, 0.15) is 41.0 Å². The summed E-state index contributed by atoms with van der Waals surface area (Å²) >= 11 is 0. The van der Waals surface area contributed by atoms with Crippen LogP contribution in [0.4, 0.5) is 16.2 Å². The van der Waals surface area contributed by atoms with Crippen LogP contribution in [0.15, 0.2) is 109 Å². The Kier molecular flexibility index (Phi) is 6.78. The normalized spacial score (nSPS) is 20.4. The lowest BCUT2D eigenvalue weighted by Gasteiger charge is -2.47. The van der Waals surface area contributed by atoms with Crippen LogP contribution >= 0.6 is 0 Å². The van der Waals surface area contributed by atoms with Gasteiger partial charge in [-0.05, 0) is 47.2 Å². The van der Waals surface area contributed by atoms with Gasteiger partial charge in [-0.1, -0.05) is 109 Å². The Balaban J connectivity index is 1.27. The molecule has 0 aliphatic carbocycles. The van der Waals surface area contributed by atoms with E-state index >= 15 is 0 Å². The van der Waals surface area contributed by atoms with E-state index in [1.807, 2.05) is 121 Å². The Morgan fingerprint density at radius 2 is 1.19 bits per heavy atom. The van der Waals surface area contributed by atoms with Gasteiger partial charge in [0, 0.05) is 12.6 Å². The number of carboxylic acid groups (broad SMARTS) is 1. The summed E-state index contributed by atoms with van der Waals surface area (Å²) in [5.41, 5.74) is 4.82. The van der Waals surface area contributed by atoms with Gasteiger partial charge in [0.25, 0.3) is 0 Å². The van der Waals surface area contributed by atoms with Crippen LogP contribution in [-0.2, 0) is 9.59 Å². The first-order valence-electron chi connectivity index (χ1n) is 14.6. The van der Waals surface area contributed by atoms with E-state index in [1.165, 1.54) is 4.90 Å². The summed E-state index contributed by atoms with van der Waals surface area (Å²) in [6.07, 6.45) is 5.10. The highest BCUT2D eigenvalue weighted by molar-refractivity contribution is 6.06. The molecule has 7 heteroatoms. The Bertz CT molecular complexity index is 1630. The molecule has 7 nitrogen and oxygen atoms in total. The van der Waals surface area contributed by atoms with E-state index < -0.39 is 30.0 Å². The second-order valence-electron chi connectivity index (χ2n) is 11.3. The quantitative estimate of drug-likeness (QED) is 0.309. The van der Waals surface area contributed by atoms with Gasteiger partial charge in [-0.15, -0.1) is 0 Å². The second-order valence-corrected chi connectivity index (χ2v) is 11.3. The third kappa shape index (κ3) is 4.57. The fourth-order valence-electron chi connectivity index (χ4n) is 7.01. The molecule has 3 atom stereocenters. The van der Waals surface area contributed by atoms with Gasteiger partial charge in [-0.2, -0.15) is 0 Å². The number of nitrogens with zero attached hydrogens (tertiary/aromatic N) is 3. The minimum Gasteiger partial charge on any atom is -0.480 e. The van der Waals surface area contributed by atoms with Crippen molar-refractivity contribution in [2.75, 3.05) is 11.4 Å². The number of urea groups is 1. The topological polar surface area (TPSA) is 81.2 Å². The van der Waals surface area contributed by atoms with Crippen molar-refractivity contribution in [2.45, 2.75) is 36.9 Å². The Labute approximate surface area is 250 Å². The van der Waals surface area contributed by atoms with Gasteiger partial charge in [0.2, 0.25) is 5.91 Å². The van der Waals surface area contributed by atoms with Crippen LogP contribution in [0.2, 0.25) is 0 Å². The van der Waals surface area contributed by atoms with Crippen LogP contribution in [-0.4, -0.2) is 57.5 Å². The first-order valence-corrected chi connectivity index (χ1v) is 14.6. The van der Waals surface area contributed by atoms with Crippen LogP contribution in [0.3, 0.4) is 0 Å². The van der Waals surface area contributed by atoms with Crippen molar-refractivity contribution in [1.29, 1.82) is 0 Å². The number of benzene rings is 4. The zero-order valence-electron chi connectivity index (χ0n) is 23.5. The van der Waals surface area contributed by atoms with Crippen LogP contribution in [0.25, 0.3) is 12.2 Å². The van der Waals surface area contributed by atoms with E-state index in [1.54, 1.807) is 9.80 Å². The van der Waals surface area contributed by atoms with Crippen molar-refractivity contribution in [2.24, 2.45) is 0 Å². The number of likely N-dealkylation sites (tertiary alicyclic amines) is 1. The number of carboxylic acids is 1. The SMILES string of the molecule is O=C(O)[C@H]1[C@@H]2CC[C@H](CN1C(=O)N1c3ccccc3C=Cc3ccccc31)N2C(=O)C(c1ccccc1)c1ccccc1. The molecule has 0 saturated carbocycles. The van der Waals surface area contributed by atoms with Gasteiger partial charge in [0.05, 0.1) is 23.3 Å². The average molecular weight is 570 g/mol. The molecular formula is C36H31N3O4. The standard InChI is InChI=1S/C36H31N3O4/c40-34(32(26-13-3-1-4-14-26)27-15-5-2-6-16-27)38-28-21-22-31(38)33(35(41)42)37(23-28)36(43)39-29-17-9-7-11-24(29)19-20-25-12-8-10-18-30(25)39/h1-20,28,31-33H,21-23H2,(H,41,42)/t28-,31+,33-/m1/s1. The average Bonchev–Trinajstić information content (AvgIpc) is 3.23. The molecule has 4 aromatic carbocycles. The summed E-state index contributed by atoms with van der Waals surface area (Å²) in [5.74, 6) is -1.81. The summed E-state index contributed by atoms with van der Waals surface area (Å²) < 4.78 is 0. The molecule has 3 amide bonds. The molecular weight excluding hydrogens is 538 g/mol. The second kappa shape index (κ2) is 10.9. The summed E-state index contributed by atoms with van der Waals surface area (Å²) in [7, 11) is 0. The molecule has 4 aromatic rings. The number of fused-ring (bicyclic) bond motifs is 4. The number of hydrogen-bond donors (Lipinski definition) is 1. The van der Waals surface area contributed by atoms with E-state index in [4.69, 9.17) is 0 Å². The predicted molar refractivity (Wildman–Crippen MR) is 166 cm³/mol. The van der Waals surface area contributed by atoms with Gasteiger partial charge in [-0.25, -0.2) is 9.59 Å². The number of aliphatic carboxylic acids is 1. The maximum absolute atomic E-state index is 14.6. The zero-order chi connectivity index (χ0) is 29.5. The molecule has 1 N–H and O–H groups in total. The molecule has 0 radical (unpaired) electrons. The van der Waals surface area contributed by atoms with Gasteiger partial charge < -0.3 is 14.9 Å².